The highest BCUT2D eigenvalue weighted by molar-refractivity contribution is 6.31. The first-order valence-corrected chi connectivity index (χ1v) is 10.5. The fraction of sp³-hybridized carbons (Fsp3) is 0.409. The van der Waals surface area contributed by atoms with Gasteiger partial charge in [-0.25, -0.2) is 9.97 Å². The highest BCUT2D eigenvalue weighted by Crippen LogP contribution is 2.40. The molecule has 0 unspecified atom stereocenters. The van der Waals surface area contributed by atoms with Crippen LogP contribution in [0.1, 0.15) is 36.8 Å². The second kappa shape index (κ2) is 9.45. The second-order valence-electron chi connectivity index (χ2n) is 7.43. The lowest BCUT2D eigenvalue weighted by Gasteiger charge is -2.25. The van der Waals surface area contributed by atoms with Gasteiger partial charge in [-0.2, -0.15) is 0 Å². The van der Waals surface area contributed by atoms with Crippen LogP contribution in [0.4, 0.5) is 5.82 Å². The van der Waals surface area contributed by atoms with Crippen molar-refractivity contribution in [2.45, 2.75) is 31.7 Å². The molecular formula is C22H25ClN4O3. The Hall–Kier alpha value is -2.64. The van der Waals surface area contributed by atoms with Gasteiger partial charge in [0.25, 0.3) is 0 Å². The van der Waals surface area contributed by atoms with Gasteiger partial charge in [0.2, 0.25) is 5.91 Å². The van der Waals surface area contributed by atoms with Crippen molar-refractivity contribution in [1.82, 2.24) is 15.3 Å². The van der Waals surface area contributed by atoms with Crippen molar-refractivity contribution in [3.8, 4) is 0 Å². The zero-order valence-electron chi connectivity index (χ0n) is 16.9. The number of amides is 1. The molecule has 0 bridgehead atoms. The van der Waals surface area contributed by atoms with E-state index in [1.54, 1.807) is 19.4 Å². The van der Waals surface area contributed by atoms with Crippen LogP contribution in [0, 0.1) is 0 Å². The molecule has 158 valence electrons. The SMILES string of the molecule is COCCN(CCC(=O)NCc1ccco1)c1nc(C2CC2)nc2cc(Cl)ccc12. The largest absolute Gasteiger partial charge is 0.467 e. The van der Waals surface area contributed by atoms with Gasteiger partial charge in [0.1, 0.15) is 17.4 Å². The summed E-state index contributed by atoms with van der Waals surface area (Å²) in [6.07, 6.45) is 4.15. The van der Waals surface area contributed by atoms with Gasteiger partial charge in [0.15, 0.2) is 0 Å². The fourth-order valence-electron chi connectivity index (χ4n) is 3.32. The number of ether oxygens (including phenoxy) is 1. The van der Waals surface area contributed by atoms with Crippen LogP contribution in [0.25, 0.3) is 10.9 Å². The van der Waals surface area contributed by atoms with Crippen LogP contribution >= 0.6 is 11.6 Å². The zero-order chi connectivity index (χ0) is 20.9. The van der Waals surface area contributed by atoms with Gasteiger partial charge in [-0.3, -0.25) is 4.79 Å². The van der Waals surface area contributed by atoms with E-state index in [4.69, 9.17) is 30.7 Å². The predicted octanol–water partition coefficient (Wildman–Crippen LogP) is 3.91. The standard InChI is InChI=1S/C22H25ClN4O3/c1-29-12-10-27(9-8-20(28)24-14-17-3-2-11-30-17)22-18-7-6-16(23)13-19(18)25-21(26-22)15-4-5-15/h2-3,6-7,11,13,15H,4-5,8-10,12,14H2,1H3,(H,24,28). The molecule has 1 aliphatic rings. The van der Waals surface area contributed by atoms with Crippen molar-refractivity contribution in [1.29, 1.82) is 0 Å². The number of aromatic nitrogens is 2. The molecule has 2 aromatic heterocycles. The Morgan fingerprint density at radius 3 is 2.90 bits per heavy atom. The molecule has 1 saturated carbocycles. The van der Waals surface area contributed by atoms with Crippen molar-refractivity contribution >= 4 is 34.2 Å². The Kier molecular flexibility index (Phi) is 6.50. The van der Waals surface area contributed by atoms with Gasteiger partial charge in [-0.1, -0.05) is 11.6 Å². The van der Waals surface area contributed by atoms with E-state index in [2.05, 4.69) is 10.2 Å². The Balaban J connectivity index is 1.53. The fourth-order valence-corrected chi connectivity index (χ4v) is 3.48. The van der Waals surface area contributed by atoms with E-state index in [-0.39, 0.29) is 5.91 Å². The third-order valence-corrected chi connectivity index (χ3v) is 5.35. The van der Waals surface area contributed by atoms with Gasteiger partial charge >= 0.3 is 0 Å². The van der Waals surface area contributed by atoms with Gasteiger partial charge in [-0.15, -0.1) is 0 Å². The monoisotopic (exact) mass is 428 g/mol. The molecule has 3 aromatic rings. The number of carbonyl (C=O) groups excluding carboxylic acids is 1. The molecule has 4 rings (SSSR count). The Labute approximate surface area is 180 Å². The van der Waals surface area contributed by atoms with Gasteiger partial charge in [-0.05, 0) is 43.2 Å². The maximum atomic E-state index is 12.4. The zero-order valence-corrected chi connectivity index (χ0v) is 17.7. The van der Waals surface area contributed by atoms with E-state index < -0.39 is 0 Å². The van der Waals surface area contributed by atoms with Gasteiger partial charge in [0, 0.05) is 42.9 Å². The van der Waals surface area contributed by atoms with E-state index in [0.29, 0.717) is 43.6 Å². The number of methoxy groups -OCH3 is 1. The number of hydrogen-bond acceptors (Lipinski definition) is 6. The number of carbonyl (C=O) groups is 1. The summed E-state index contributed by atoms with van der Waals surface area (Å²) in [4.78, 5) is 24.1. The Morgan fingerprint density at radius 1 is 1.30 bits per heavy atom. The molecule has 0 saturated heterocycles. The highest BCUT2D eigenvalue weighted by atomic mass is 35.5. The molecule has 2 heterocycles. The number of nitrogens with zero attached hydrogens (tertiary/aromatic N) is 3. The smallest absolute Gasteiger partial charge is 0.222 e. The van der Waals surface area contributed by atoms with Crippen LogP contribution in [-0.4, -0.2) is 42.7 Å². The molecule has 1 aliphatic carbocycles. The number of halogens is 1. The summed E-state index contributed by atoms with van der Waals surface area (Å²) in [6, 6.07) is 9.30. The van der Waals surface area contributed by atoms with E-state index in [1.807, 2.05) is 24.3 Å². The van der Waals surface area contributed by atoms with E-state index in [0.717, 1.165) is 41.1 Å². The molecule has 0 atom stereocenters. The van der Waals surface area contributed by atoms with Crippen LogP contribution in [0.15, 0.2) is 41.0 Å². The van der Waals surface area contributed by atoms with E-state index in [9.17, 15) is 4.79 Å². The quantitative estimate of drug-likeness (QED) is 0.527. The lowest BCUT2D eigenvalue weighted by Crippen LogP contribution is -2.33. The number of nitrogens with one attached hydrogen (secondary N) is 1. The third-order valence-electron chi connectivity index (χ3n) is 5.11. The number of fused-ring (bicyclic) bond motifs is 1. The molecule has 1 amide bonds. The number of furan rings is 1. The lowest BCUT2D eigenvalue weighted by atomic mass is 10.2. The van der Waals surface area contributed by atoms with Gasteiger partial charge < -0.3 is 19.4 Å². The third kappa shape index (κ3) is 5.09. The van der Waals surface area contributed by atoms with Crippen molar-refractivity contribution < 1.29 is 13.9 Å². The van der Waals surface area contributed by atoms with Crippen LogP contribution in [0.2, 0.25) is 5.02 Å². The number of hydrogen-bond donors (Lipinski definition) is 1. The first kappa shape index (κ1) is 20.6. The first-order chi connectivity index (χ1) is 14.6. The maximum Gasteiger partial charge on any atom is 0.222 e. The Morgan fingerprint density at radius 2 is 2.17 bits per heavy atom. The predicted molar refractivity (Wildman–Crippen MR) is 116 cm³/mol. The number of benzene rings is 1. The van der Waals surface area contributed by atoms with E-state index in [1.165, 1.54) is 0 Å². The van der Waals surface area contributed by atoms with Crippen molar-refractivity contribution in [2.75, 3.05) is 31.7 Å². The normalized spacial score (nSPS) is 13.5. The second-order valence-corrected chi connectivity index (χ2v) is 7.86. The van der Waals surface area contributed by atoms with Crippen LogP contribution < -0.4 is 10.2 Å². The highest BCUT2D eigenvalue weighted by Gasteiger charge is 2.28. The molecule has 0 radical (unpaired) electrons. The van der Waals surface area contributed by atoms with E-state index >= 15 is 0 Å². The Bertz CT molecular complexity index is 1010. The maximum absolute atomic E-state index is 12.4. The molecular weight excluding hydrogens is 404 g/mol. The molecule has 0 aliphatic heterocycles. The molecule has 1 aromatic carbocycles. The molecule has 7 nitrogen and oxygen atoms in total. The minimum atomic E-state index is -0.0439. The summed E-state index contributed by atoms with van der Waals surface area (Å²) in [7, 11) is 1.67. The number of anilines is 1. The molecule has 1 fully saturated rings. The summed E-state index contributed by atoms with van der Waals surface area (Å²) < 4.78 is 10.6. The first-order valence-electron chi connectivity index (χ1n) is 10.1. The summed E-state index contributed by atoms with van der Waals surface area (Å²) >= 11 is 6.21. The molecule has 30 heavy (non-hydrogen) atoms. The summed E-state index contributed by atoms with van der Waals surface area (Å²) in [5.74, 6) is 2.77. The minimum Gasteiger partial charge on any atom is -0.467 e. The van der Waals surface area contributed by atoms with Gasteiger partial charge in [0.05, 0.1) is 24.9 Å². The van der Waals surface area contributed by atoms with Crippen LogP contribution in [-0.2, 0) is 16.1 Å². The molecule has 1 N–H and O–H groups in total. The summed E-state index contributed by atoms with van der Waals surface area (Å²) in [5, 5.41) is 4.47. The molecule has 8 heteroatoms. The lowest BCUT2D eigenvalue weighted by molar-refractivity contribution is -0.121. The number of rotatable bonds is 10. The topological polar surface area (TPSA) is 80.5 Å². The summed E-state index contributed by atoms with van der Waals surface area (Å²) in [6.45, 7) is 2.06. The summed E-state index contributed by atoms with van der Waals surface area (Å²) in [5.41, 5.74) is 0.832. The van der Waals surface area contributed by atoms with Crippen molar-refractivity contribution in [3.63, 3.8) is 0 Å². The molecule has 0 spiro atoms. The van der Waals surface area contributed by atoms with Crippen molar-refractivity contribution in [3.05, 3.63) is 53.2 Å². The van der Waals surface area contributed by atoms with Crippen molar-refractivity contribution in [2.24, 2.45) is 0 Å². The average molecular weight is 429 g/mol. The average Bonchev–Trinajstić information content (AvgIpc) is 3.47. The van der Waals surface area contributed by atoms with Crippen LogP contribution in [0.3, 0.4) is 0 Å². The minimum absolute atomic E-state index is 0.0439. The van der Waals surface area contributed by atoms with Crippen LogP contribution in [0.5, 0.6) is 0 Å².